The highest BCUT2D eigenvalue weighted by Crippen LogP contribution is 2.50. The maximum Gasteiger partial charge on any atom is 0.306 e. The van der Waals surface area contributed by atoms with Crippen molar-refractivity contribution in [1.29, 1.82) is 0 Å². The Morgan fingerprint density at radius 1 is 1.33 bits per heavy atom. The topological polar surface area (TPSA) is 179 Å². The van der Waals surface area contributed by atoms with E-state index in [1.807, 2.05) is 0 Å². The smallest absolute Gasteiger partial charge is 0.306 e. The van der Waals surface area contributed by atoms with Gasteiger partial charge in [-0.05, 0) is 6.92 Å². The summed E-state index contributed by atoms with van der Waals surface area (Å²) in [5, 5.41) is 17.8. The van der Waals surface area contributed by atoms with E-state index in [4.69, 9.17) is 5.11 Å². The first-order valence-electron chi connectivity index (χ1n) is 4.46. The van der Waals surface area contributed by atoms with Crippen LogP contribution in [0.2, 0.25) is 0 Å². The second-order valence-corrected chi connectivity index (χ2v) is 6.33. The quantitative estimate of drug-likeness (QED) is 0.473. The van der Waals surface area contributed by atoms with Gasteiger partial charge in [0, 0.05) is 6.42 Å². The molecule has 0 radical (unpaired) electrons. The van der Waals surface area contributed by atoms with Gasteiger partial charge in [0.1, 0.15) is 0 Å². The lowest BCUT2D eigenvalue weighted by atomic mass is 9.99. The van der Waals surface area contributed by atoms with Crippen molar-refractivity contribution in [1.82, 2.24) is 0 Å². The number of phosphoric acid groups is 2. The highest BCUT2D eigenvalue weighted by molar-refractivity contribution is 7.58. The van der Waals surface area contributed by atoms with Crippen LogP contribution in [-0.2, 0) is 22.8 Å². The molecule has 18 heavy (non-hydrogen) atoms. The van der Waals surface area contributed by atoms with Gasteiger partial charge >= 0.3 is 5.97 Å². The average molecular weight is 305 g/mol. The lowest BCUT2D eigenvalue weighted by molar-refractivity contribution is -0.339. The van der Waals surface area contributed by atoms with Crippen molar-refractivity contribution in [2.24, 2.45) is 0 Å². The first-order chi connectivity index (χ1) is 7.83. The van der Waals surface area contributed by atoms with Gasteiger partial charge in [-0.1, -0.05) is 0 Å². The van der Waals surface area contributed by atoms with Crippen molar-refractivity contribution in [3.05, 3.63) is 0 Å². The number of aliphatic carboxylic acids is 1. The minimum absolute atomic E-state index is 0.420. The van der Waals surface area contributed by atoms with E-state index >= 15 is 0 Å². The van der Waals surface area contributed by atoms with E-state index in [1.54, 1.807) is 0 Å². The highest BCUT2D eigenvalue weighted by Gasteiger charge is 2.25. The molecule has 0 fully saturated rings. The summed E-state index contributed by atoms with van der Waals surface area (Å²) in [7, 11) is -11.1. The third-order valence-corrected chi connectivity index (χ3v) is 3.72. The number of carboxylic acids is 1. The molecule has 0 amide bonds. The van der Waals surface area contributed by atoms with Gasteiger partial charge in [-0.2, -0.15) is 0 Å². The average Bonchev–Trinajstić information content (AvgIpc) is 1.93. The number of rotatable bonds is 8. The molecular weight excluding hydrogens is 294 g/mol. The minimum atomic E-state index is -5.75. The van der Waals surface area contributed by atoms with Crippen LogP contribution in [0.5, 0.6) is 0 Å². The number of hydrogen-bond donors (Lipinski definition) is 2. The summed E-state index contributed by atoms with van der Waals surface area (Å²) in [5.74, 6) is -1.31. The molecule has 0 spiro atoms. The van der Waals surface area contributed by atoms with Gasteiger partial charge in [0.25, 0.3) is 7.82 Å². The third kappa shape index (κ3) is 9.69. The largest absolute Gasteiger partial charge is 0.790 e. The molecule has 108 valence electrons. The SMILES string of the molecule is C[C@@](O)(CCOP(=O)([O-])OP(=O)([O-])[O-])CC(=O)O. The summed E-state index contributed by atoms with van der Waals surface area (Å²) in [6.45, 7) is 0.383. The zero-order chi connectivity index (χ0) is 14.6. The van der Waals surface area contributed by atoms with Crippen LogP contribution in [0.25, 0.3) is 0 Å². The van der Waals surface area contributed by atoms with E-state index in [-0.39, 0.29) is 0 Å². The minimum Gasteiger partial charge on any atom is -0.790 e. The predicted octanol–water partition coefficient (Wildman–Crippen LogP) is -2.07. The summed E-state index contributed by atoms with van der Waals surface area (Å²) in [4.78, 5) is 41.1. The van der Waals surface area contributed by atoms with Crippen molar-refractivity contribution >= 4 is 21.6 Å². The van der Waals surface area contributed by atoms with E-state index in [2.05, 4.69) is 8.83 Å². The molecule has 0 heterocycles. The van der Waals surface area contributed by atoms with Gasteiger partial charge in [-0.3, -0.25) is 13.7 Å². The number of phosphoric ester groups is 1. The van der Waals surface area contributed by atoms with Crippen molar-refractivity contribution in [2.75, 3.05) is 6.61 Å². The van der Waals surface area contributed by atoms with Crippen LogP contribution in [0.3, 0.4) is 0 Å². The zero-order valence-corrected chi connectivity index (χ0v) is 11.0. The van der Waals surface area contributed by atoms with Crippen LogP contribution in [0.4, 0.5) is 0 Å². The number of carboxylic acid groups (broad SMARTS) is 1. The molecule has 0 aliphatic carbocycles. The molecule has 2 N–H and O–H groups in total. The fourth-order valence-corrected chi connectivity index (χ4v) is 2.42. The van der Waals surface area contributed by atoms with E-state index < -0.39 is 46.7 Å². The molecule has 0 saturated carbocycles. The van der Waals surface area contributed by atoms with Crippen LogP contribution in [0.1, 0.15) is 19.8 Å². The summed E-state index contributed by atoms with van der Waals surface area (Å²) < 4.78 is 27.9. The lowest BCUT2D eigenvalue weighted by Gasteiger charge is -2.35. The van der Waals surface area contributed by atoms with Gasteiger partial charge < -0.3 is 34.0 Å². The van der Waals surface area contributed by atoms with Gasteiger partial charge in [0.15, 0.2) is 0 Å². The number of aliphatic hydroxyl groups is 1. The highest BCUT2D eigenvalue weighted by atomic mass is 31.3. The Labute approximate surface area is 102 Å². The second-order valence-electron chi connectivity index (χ2n) is 3.63. The Balaban J connectivity index is 4.22. The van der Waals surface area contributed by atoms with Crippen LogP contribution >= 0.6 is 15.6 Å². The van der Waals surface area contributed by atoms with Crippen molar-refractivity contribution in [2.45, 2.75) is 25.4 Å². The fraction of sp³-hybridized carbons (Fsp3) is 0.833. The van der Waals surface area contributed by atoms with E-state index in [0.29, 0.717) is 0 Å². The molecule has 0 aliphatic rings. The molecule has 10 nitrogen and oxygen atoms in total. The zero-order valence-electron chi connectivity index (χ0n) is 9.18. The van der Waals surface area contributed by atoms with Crippen LogP contribution in [0.15, 0.2) is 0 Å². The Bertz CT molecular complexity index is 384. The number of hydrogen-bond acceptors (Lipinski definition) is 9. The fourth-order valence-electron chi connectivity index (χ4n) is 0.938. The predicted molar refractivity (Wildman–Crippen MR) is 49.7 cm³/mol. The van der Waals surface area contributed by atoms with Gasteiger partial charge in [0.05, 0.1) is 26.5 Å². The van der Waals surface area contributed by atoms with Crippen molar-refractivity contribution in [3.63, 3.8) is 0 Å². The molecule has 0 aromatic heterocycles. The first kappa shape index (κ1) is 17.7. The summed E-state index contributed by atoms with van der Waals surface area (Å²) in [6, 6.07) is 0. The van der Waals surface area contributed by atoms with Crippen molar-refractivity contribution < 1.29 is 47.7 Å². The lowest BCUT2D eigenvalue weighted by Crippen LogP contribution is -2.29. The Morgan fingerprint density at radius 3 is 2.22 bits per heavy atom. The summed E-state index contributed by atoms with van der Waals surface area (Å²) in [5.41, 5.74) is -1.75. The van der Waals surface area contributed by atoms with Crippen LogP contribution in [-0.4, -0.2) is 28.4 Å². The van der Waals surface area contributed by atoms with Gasteiger partial charge in [-0.15, -0.1) is 0 Å². The molecule has 1 unspecified atom stereocenters. The number of carbonyl (C=O) groups is 1. The summed E-state index contributed by atoms with van der Waals surface area (Å²) >= 11 is 0. The van der Waals surface area contributed by atoms with E-state index in [0.717, 1.165) is 6.92 Å². The molecule has 0 bridgehead atoms. The van der Waals surface area contributed by atoms with E-state index in [1.165, 1.54) is 0 Å². The van der Waals surface area contributed by atoms with Crippen LogP contribution in [0, 0.1) is 0 Å². The molecule has 0 aromatic rings. The standard InChI is InChI=1S/C6H14O10P2/c1-6(9,4-5(7)8)2-3-15-18(13,14)16-17(10,11)12/h9H,2-4H2,1H3,(H,7,8)(H,13,14)(H2,10,11,12)/p-3/t6-/m1/s1. The Hall–Kier alpha value is -0.310. The maximum absolute atomic E-state index is 10.8. The molecule has 12 heteroatoms. The Kier molecular flexibility index (Phi) is 6.12. The van der Waals surface area contributed by atoms with Crippen molar-refractivity contribution in [3.8, 4) is 0 Å². The Morgan fingerprint density at radius 2 is 1.83 bits per heavy atom. The first-order valence-corrected chi connectivity index (χ1v) is 7.38. The molecule has 0 aliphatic heterocycles. The molecule has 0 saturated heterocycles. The molecule has 0 aromatic carbocycles. The normalized spacial score (nSPS) is 18.9. The van der Waals surface area contributed by atoms with Gasteiger partial charge in [-0.25, -0.2) is 0 Å². The third-order valence-electron chi connectivity index (χ3n) is 1.62. The molecule has 0 rings (SSSR count). The molecule has 2 atom stereocenters. The monoisotopic (exact) mass is 305 g/mol. The maximum atomic E-state index is 10.8. The summed E-state index contributed by atoms with van der Waals surface area (Å²) in [6.07, 6.45) is -1.08. The second kappa shape index (κ2) is 6.23. The van der Waals surface area contributed by atoms with E-state index in [9.17, 15) is 33.7 Å². The van der Waals surface area contributed by atoms with Gasteiger partial charge in [0.2, 0.25) is 0 Å². The van der Waals surface area contributed by atoms with Crippen LogP contribution < -0.4 is 14.7 Å². The molecular formula is C6H11O10P2-3.